The zero-order valence-corrected chi connectivity index (χ0v) is 15.6. The van der Waals surface area contributed by atoms with Crippen molar-refractivity contribution in [1.29, 1.82) is 0 Å². The lowest BCUT2D eigenvalue weighted by Gasteiger charge is -2.11. The van der Waals surface area contributed by atoms with Crippen LogP contribution in [0.1, 0.15) is 21.7 Å². The van der Waals surface area contributed by atoms with Gasteiger partial charge in [-0.15, -0.1) is 10.2 Å². The predicted molar refractivity (Wildman–Crippen MR) is 101 cm³/mol. The van der Waals surface area contributed by atoms with Gasteiger partial charge in [0.2, 0.25) is 5.16 Å². The molecule has 5 nitrogen and oxygen atoms in total. The van der Waals surface area contributed by atoms with E-state index in [1.165, 1.54) is 17.8 Å². The third kappa shape index (κ3) is 4.34. The molecule has 0 spiro atoms. The quantitative estimate of drug-likeness (QED) is 0.646. The fourth-order valence-electron chi connectivity index (χ4n) is 2.12. The fourth-order valence-corrected chi connectivity index (χ4v) is 3.39. The molecule has 3 aromatic rings. The van der Waals surface area contributed by atoms with E-state index in [4.69, 9.17) is 23.2 Å². The van der Waals surface area contributed by atoms with Crippen LogP contribution in [-0.2, 0) is 5.75 Å². The van der Waals surface area contributed by atoms with Crippen LogP contribution in [0.25, 0.3) is 0 Å². The third-order valence-electron chi connectivity index (χ3n) is 3.39. The maximum atomic E-state index is 12.5. The number of hydrogen-bond donors (Lipinski definition) is 1. The molecule has 2 aromatic carbocycles. The molecule has 0 aliphatic rings. The van der Waals surface area contributed by atoms with E-state index in [2.05, 4.69) is 15.6 Å². The van der Waals surface area contributed by atoms with Crippen molar-refractivity contribution in [2.75, 3.05) is 5.43 Å². The average molecular weight is 393 g/mol. The van der Waals surface area contributed by atoms with E-state index in [0.717, 1.165) is 5.56 Å². The summed E-state index contributed by atoms with van der Waals surface area (Å²) in [6.07, 6.45) is 0. The standard InChI is InChI=1S/C17H14Cl2N4OS/c1-11-20-21-17(25-10-12-5-3-2-4-6-12)23(11)22-16(24)14-9-13(18)7-8-15(14)19/h2-9H,10H2,1H3,(H,22,24). The van der Waals surface area contributed by atoms with Gasteiger partial charge in [0, 0.05) is 10.8 Å². The monoisotopic (exact) mass is 392 g/mol. The minimum absolute atomic E-state index is 0.293. The number of nitrogens with zero attached hydrogens (tertiary/aromatic N) is 3. The Morgan fingerprint density at radius 1 is 1.16 bits per heavy atom. The molecule has 1 heterocycles. The van der Waals surface area contributed by atoms with Gasteiger partial charge in [-0.3, -0.25) is 10.2 Å². The Hall–Kier alpha value is -2.02. The van der Waals surface area contributed by atoms with Gasteiger partial charge in [-0.2, -0.15) is 0 Å². The van der Waals surface area contributed by atoms with Crippen molar-refractivity contribution in [3.8, 4) is 0 Å². The van der Waals surface area contributed by atoms with Gasteiger partial charge in [-0.05, 0) is 30.7 Å². The summed E-state index contributed by atoms with van der Waals surface area (Å²) in [5, 5.41) is 9.51. The molecule has 8 heteroatoms. The molecule has 1 N–H and O–H groups in total. The van der Waals surface area contributed by atoms with Gasteiger partial charge >= 0.3 is 0 Å². The van der Waals surface area contributed by atoms with Gasteiger partial charge in [-0.25, -0.2) is 4.68 Å². The zero-order chi connectivity index (χ0) is 17.8. The summed E-state index contributed by atoms with van der Waals surface area (Å²) < 4.78 is 1.55. The Kier molecular flexibility index (Phi) is 5.63. The van der Waals surface area contributed by atoms with Crippen LogP contribution in [0.15, 0.2) is 53.7 Å². The number of benzene rings is 2. The third-order valence-corrected chi connectivity index (χ3v) is 4.96. The van der Waals surface area contributed by atoms with Crippen molar-refractivity contribution in [2.45, 2.75) is 17.8 Å². The smallest absolute Gasteiger partial charge is 0.267 e. The minimum atomic E-state index is -0.378. The summed E-state index contributed by atoms with van der Waals surface area (Å²) in [4.78, 5) is 12.5. The van der Waals surface area contributed by atoms with Crippen molar-refractivity contribution in [3.63, 3.8) is 0 Å². The Morgan fingerprint density at radius 3 is 2.68 bits per heavy atom. The van der Waals surface area contributed by atoms with Gasteiger partial charge in [0.15, 0.2) is 0 Å². The molecule has 0 saturated carbocycles. The van der Waals surface area contributed by atoms with Crippen molar-refractivity contribution < 1.29 is 4.79 Å². The molecule has 128 valence electrons. The maximum Gasteiger partial charge on any atom is 0.271 e. The second-order valence-electron chi connectivity index (χ2n) is 5.20. The Labute approximate surface area is 159 Å². The zero-order valence-electron chi connectivity index (χ0n) is 13.2. The molecule has 25 heavy (non-hydrogen) atoms. The van der Waals surface area contributed by atoms with Crippen LogP contribution in [0, 0.1) is 6.92 Å². The highest BCUT2D eigenvalue weighted by Crippen LogP contribution is 2.23. The average Bonchev–Trinajstić information content (AvgIpc) is 2.96. The second kappa shape index (κ2) is 7.91. The van der Waals surface area contributed by atoms with E-state index in [-0.39, 0.29) is 5.91 Å². The Morgan fingerprint density at radius 2 is 1.92 bits per heavy atom. The van der Waals surface area contributed by atoms with Gasteiger partial charge in [0.1, 0.15) is 5.82 Å². The Balaban J connectivity index is 1.77. The van der Waals surface area contributed by atoms with E-state index in [9.17, 15) is 4.79 Å². The van der Waals surface area contributed by atoms with Gasteiger partial charge in [0.25, 0.3) is 5.91 Å². The lowest BCUT2D eigenvalue weighted by atomic mass is 10.2. The summed E-state index contributed by atoms with van der Waals surface area (Å²) in [6, 6.07) is 14.7. The molecule has 0 saturated heterocycles. The first-order valence-corrected chi connectivity index (χ1v) is 9.14. The molecule has 3 rings (SSSR count). The summed E-state index contributed by atoms with van der Waals surface area (Å²) >= 11 is 13.5. The normalized spacial score (nSPS) is 10.7. The lowest BCUT2D eigenvalue weighted by Crippen LogP contribution is -2.25. The molecule has 0 unspecified atom stereocenters. The topological polar surface area (TPSA) is 59.8 Å². The number of aromatic nitrogens is 3. The molecular weight excluding hydrogens is 379 g/mol. The summed E-state index contributed by atoms with van der Waals surface area (Å²) in [5.41, 5.74) is 4.22. The van der Waals surface area contributed by atoms with Crippen molar-refractivity contribution in [2.24, 2.45) is 0 Å². The molecule has 0 atom stereocenters. The molecular formula is C17H14Cl2N4OS. The first-order chi connectivity index (χ1) is 12.0. The number of amides is 1. The number of nitrogens with one attached hydrogen (secondary N) is 1. The molecule has 0 bridgehead atoms. The fraction of sp³-hybridized carbons (Fsp3) is 0.118. The Bertz CT molecular complexity index is 899. The first kappa shape index (κ1) is 17.8. The van der Waals surface area contributed by atoms with Crippen LogP contribution in [0.4, 0.5) is 0 Å². The SMILES string of the molecule is Cc1nnc(SCc2ccccc2)n1NC(=O)c1cc(Cl)ccc1Cl. The maximum absolute atomic E-state index is 12.5. The summed E-state index contributed by atoms with van der Waals surface area (Å²) in [7, 11) is 0. The molecule has 0 aliphatic heterocycles. The van der Waals surface area contributed by atoms with Gasteiger partial charge in [-0.1, -0.05) is 65.3 Å². The first-order valence-electron chi connectivity index (χ1n) is 7.40. The van der Waals surface area contributed by atoms with Crippen LogP contribution < -0.4 is 5.43 Å². The summed E-state index contributed by atoms with van der Waals surface area (Å²) in [5.74, 6) is 0.909. The number of rotatable bonds is 5. The van der Waals surface area contributed by atoms with E-state index in [1.807, 2.05) is 30.3 Å². The van der Waals surface area contributed by atoms with E-state index in [1.54, 1.807) is 23.7 Å². The number of halogens is 2. The van der Waals surface area contributed by atoms with Gasteiger partial charge in [0.05, 0.1) is 10.6 Å². The minimum Gasteiger partial charge on any atom is -0.267 e. The van der Waals surface area contributed by atoms with E-state index < -0.39 is 0 Å². The van der Waals surface area contributed by atoms with Crippen LogP contribution in [0.3, 0.4) is 0 Å². The van der Waals surface area contributed by atoms with Crippen LogP contribution in [-0.4, -0.2) is 20.8 Å². The number of thioether (sulfide) groups is 1. The highest BCUT2D eigenvalue weighted by molar-refractivity contribution is 7.98. The lowest BCUT2D eigenvalue weighted by molar-refractivity contribution is 0.101. The molecule has 0 radical (unpaired) electrons. The molecule has 0 aliphatic carbocycles. The van der Waals surface area contributed by atoms with Gasteiger partial charge < -0.3 is 0 Å². The number of carbonyl (C=O) groups excluding carboxylic acids is 1. The van der Waals surface area contributed by atoms with Crippen LogP contribution >= 0.6 is 35.0 Å². The van der Waals surface area contributed by atoms with Crippen molar-refractivity contribution in [3.05, 3.63) is 75.5 Å². The van der Waals surface area contributed by atoms with E-state index >= 15 is 0 Å². The number of carbonyl (C=O) groups is 1. The second-order valence-corrected chi connectivity index (χ2v) is 6.99. The highest BCUT2D eigenvalue weighted by atomic mass is 35.5. The summed E-state index contributed by atoms with van der Waals surface area (Å²) in [6.45, 7) is 1.76. The molecule has 1 amide bonds. The number of hydrogen-bond acceptors (Lipinski definition) is 4. The highest BCUT2D eigenvalue weighted by Gasteiger charge is 2.16. The largest absolute Gasteiger partial charge is 0.271 e. The number of aryl methyl sites for hydroxylation is 1. The van der Waals surface area contributed by atoms with Crippen molar-refractivity contribution in [1.82, 2.24) is 14.9 Å². The molecule has 0 fully saturated rings. The van der Waals surface area contributed by atoms with E-state index in [0.29, 0.717) is 32.3 Å². The van der Waals surface area contributed by atoms with Crippen molar-refractivity contribution >= 4 is 40.9 Å². The predicted octanol–water partition coefficient (Wildman–Crippen LogP) is 4.57. The molecule has 1 aromatic heterocycles. The van der Waals surface area contributed by atoms with Crippen LogP contribution in [0.2, 0.25) is 10.0 Å². The van der Waals surface area contributed by atoms with Crippen LogP contribution in [0.5, 0.6) is 0 Å².